The van der Waals surface area contributed by atoms with Crippen LogP contribution in [-0.2, 0) is 0 Å². The Kier molecular flexibility index (Phi) is 4.20. The van der Waals surface area contributed by atoms with Gasteiger partial charge < -0.3 is 15.5 Å². The van der Waals surface area contributed by atoms with Crippen molar-refractivity contribution in [3.63, 3.8) is 0 Å². The Bertz CT molecular complexity index is 93.7. The third kappa shape index (κ3) is 2.42. The number of hydrogen-bond acceptors (Lipinski definition) is 3. The van der Waals surface area contributed by atoms with Crippen LogP contribution >= 0.6 is 12.4 Å². The van der Waals surface area contributed by atoms with Crippen LogP contribution in [0.25, 0.3) is 0 Å². The highest BCUT2D eigenvalue weighted by Crippen LogP contribution is 2.13. The standard InChI is InChI=1S/C6H13NO2.ClH/c8-5-6(9)2-1-3-7-4-6;/h7-9H,1-5H2;1H. The number of halogens is 1. The summed E-state index contributed by atoms with van der Waals surface area (Å²) in [7, 11) is 0. The zero-order chi connectivity index (χ0) is 6.74. The maximum Gasteiger partial charge on any atom is 0.100 e. The summed E-state index contributed by atoms with van der Waals surface area (Å²) in [5, 5.41) is 21.0. The fourth-order valence-electron chi connectivity index (χ4n) is 1.09. The van der Waals surface area contributed by atoms with Gasteiger partial charge in [0.05, 0.1) is 6.61 Å². The quantitative estimate of drug-likeness (QED) is 0.494. The molecule has 1 heterocycles. The first-order valence-electron chi connectivity index (χ1n) is 3.31. The number of aliphatic hydroxyl groups excluding tert-OH is 1. The number of aliphatic hydroxyl groups is 2. The highest BCUT2D eigenvalue weighted by molar-refractivity contribution is 5.85. The van der Waals surface area contributed by atoms with Gasteiger partial charge in [-0.15, -0.1) is 12.4 Å². The second-order valence-electron chi connectivity index (χ2n) is 2.66. The first-order chi connectivity index (χ1) is 4.27. The SMILES string of the molecule is Cl.OCC1(O)CCCNC1. The molecule has 0 radical (unpaired) electrons. The van der Waals surface area contributed by atoms with Gasteiger partial charge in [0.15, 0.2) is 0 Å². The second-order valence-corrected chi connectivity index (χ2v) is 2.66. The van der Waals surface area contributed by atoms with E-state index in [1.54, 1.807) is 0 Å². The van der Waals surface area contributed by atoms with Crippen LogP contribution in [0, 0.1) is 0 Å². The monoisotopic (exact) mass is 167 g/mol. The van der Waals surface area contributed by atoms with E-state index in [0.29, 0.717) is 6.54 Å². The molecule has 62 valence electrons. The van der Waals surface area contributed by atoms with Crippen LogP contribution in [-0.4, -0.2) is 35.5 Å². The predicted molar refractivity (Wildman–Crippen MR) is 41.4 cm³/mol. The minimum Gasteiger partial charge on any atom is -0.393 e. The number of rotatable bonds is 1. The van der Waals surface area contributed by atoms with Gasteiger partial charge in [-0.05, 0) is 19.4 Å². The zero-order valence-electron chi connectivity index (χ0n) is 5.84. The van der Waals surface area contributed by atoms with Crippen molar-refractivity contribution >= 4 is 12.4 Å². The Labute approximate surface area is 66.8 Å². The van der Waals surface area contributed by atoms with Crippen LogP contribution < -0.4 is 5.32 Å². The smallest absolute Gasteiger partial charge is 0.100 e. The fraction of sp³-hybridized carbons (Fsp3) is 1.00. The number of nitrogens with one attached hydrogen (secondary N) is 1. The van der Waals surface area contributed by atoms with Gasteiger partial charge >= 0.3 is 0 Å². The Morgan fingerprint density at radius 3 is 2.50 bits per heavy atom. The molecule has 0 aromatic rings. The van der Waals surface area contributed by atoms with E-state index >= 15 is 0 Å². The number of β-amino-alcohol motifs (C(OH)–C–C–N with tert-alkyl or cyclic N) is 1. The molecule has 0 saturated carbocycles. The van der Waals surface area contributed by atoms with Crippen LogP contribution in [0.4, 0.5) is 0 Å². The molecule has 1 fully saturated rings. The highest BCUT2D eigenvalue weighted by Gasteiger charge is 2.27. The Hall–Kier alpha value is 0.170. The number of piperidine rings is 1. The molecule has 3 N–H and O–H groups in total. The van der Waals surface area contributed by atoms with E-state index in [4.69, 9.17) is 5.11 Å². The fourth-order valence-corrected chi connectivity index (χ4v) is 1.09. The topological polar surface area (TPSA) is 52.5 Å². The molecule has 0 aliphatic carbocycles. The van der Waals surface area contributed by atoms with Crippen LogP contribution in [0.1, 0.15) is 12.8 Å². The van der Waals surface area contributed by atoms with Crippen LogP contribution in [0.15, 0.2) is 0 Å². The zero-order valence-corrected chi connectivity index (χ0v) is 6.65. The first kappa shape index (κ1) is 10.2. The molecule has 1 unspecified atom stereocenters. The van der Waals surface area contributed by atoms with Gasteiger partial charge in [-0.25, -0.2) is 0 Å². The molecular weight excluding hydrogens is 154 g/mol. The van der Waals surface area contributed by atoms with Crippen molar-refractivity contribution in [2.24, 2.45) is 0 Å². The average Bonchev–Trinajstić information content (AvgIpc) is 1.90. The van der Waals surface area contributed by atoms with Crippen molar-refractivity contribution in [1.29, 1.82) is 0 Å². The Balaban J connectivity index is 0.000000810. The summed E-state index contributed by atoms with van der Waals surface area (Å²) in [6.45, 7) is 1.37. The normalized spacial score (nSPS) is 33.0. The van der Waals surface area contributed by atoms with E-state index in [-0.39, 0.29) is 19.0 Å². The van der Waals surface area contributed by atoms with Gasteiger partial charge in [0.2, 0.25) is 0 Å². The minimum absolute atomic E-state index is 0. The molecule has 3 nitrogen and oxygen atoms in total. The molecule has 0 spiro atoms. The maximum atomic E-state index is 9.37. The summed E-state index contributed by atoms with van der Waals surface area (Å²) in [5.74, 6) is 0. The maximum absolute atomic E-state index is 9.37. The van der Waals surface area contributed by atoms with Crippen molar-refractivity contribution in [3.05, 3.63) is 0 Å². The van der Waals surface area contributed by atoms with Gasteiger partial charge in [0, 0.05) is 6.54 Å². The first-order valence-corrected chi connectivity index (χ1v) is 3.31. The average molecular weight is 168 g/mol. The molecule has 1 aliphatic heterocycles. The lowest BCUT2D eigenvalue weighted by molar-refractivity contribution is -0.0313. The van der Waals surface area contributed by atoms with Crippen molar-refractivity contribution in [3.8, 4) is 0 Å². The van der Waals surface area contributed by atoms with E-state index in [1.165, 1.54) is 0 Å². The third-order valence-corrected chi connectivity index (χ3v) is 1.74. The van der Waals surface area contributed by atoms with E-state index in [2.05, 4.69) is 5.32 Å². The second kappa shape index (κ2) is 4.13. The summed E-state index contributed by atoms with van der Waals surface area (Å²) < 4.78 is 0. The molecule has 1 rings (SSSR count). The Morgan fingerprint density at radius 2 is 2.20 bits per heavy atom. The molecule has 0 aromatic carbocycles. The van der Waals surface area contributed by atoms with Gasteiger partial charge in [0.25, 0.3) is 0 Å². The highest BCUT2D eigenvalue weighted by atomic mass is 35.5. The van der Waals surface area contributed by atoms with Crippen molar-refractivity contribution in [1.82, 2.24) is 5.32 Å². The van der Waals surface area contributed by atoms with Gasteiger partial charge in [-0.1, -0.05) is 0 Å². The molecule has 0 aromatic heterocycles. The molecular formula is C6H14ClNO2. The summed E-state index contributed by atoms with van der Waals surface area (Å²) in [4.78, 5) is 0. The van der Waals surface area contributed by atoms with E-state index in [0.717, 1.165) is 19.4 Å². The van der Waals surface area contributed by atoms with Gasteiger partial charge in [-0.3, -0.25) is 0 Å². The molecule has 0 amide bonds. The molecule has 4 heteroatoms. The van der Waals surface area contributed by atoms with E-state index < -0.39 is 5.60 Å². The van der Waals surface area contributed by atoms with Crippen molar-refractivity contribution < 1.29 is 10.2 Å². The molecule has 0 bridgehead atoms. The van der Waals surface area contributed by atoms with Gasteiger partial charge in [-0.2, -0.15) is 0 Å². The lowest BCUT2D eigenvalue weighted by Crippen LogP contribution is -2.48. The minimum atomic E-state index is -0.835. The van der Waals surface area contributed by atoms with Crippen molar-refractivity contribution in [2.45, 2.75) is 18.4 Å². The summed E-state index contributed by atoms with van der Waals surface area (Å²) in [6.07, 6.45) is 1.67. The Morgan fingerprint density at radius 1 is 1.50 bits per heavy atom. The van der Waals surface area contributed by atoms with Gasteiger partial charge in [0.1, 0.15) is 5.60 Å². The van der Waals surface area contributed by atoms with Crippen LogP contribution in [0.5, 0.6) is 0 Å². The molecule has 1 aliphatic rings. The lowest BCUT2D eigenvalue weighted by Gasteiger charge is -2.30. The van der Waals surface area contributed by atoms with Crippen molar-refractivity contribution in [2.75, 3.05) is 19.7 Å². The third-order valence-electron chi connectivity index (χ3n) is 1.74. The molecule has 1 saturated heterocycles. The number of hydrogen-bond donors (Lipinski definition) is 3. The lowest BCUT2D eigenvalue weighted by atomic mass is 9.96. The summed E-state index contributed by atoms with van der Waals surface area (Å²) in [6, 6.07) is 0. The summed E-state index contributed by atoms with van der Waals surface area (Å²) >= 11 is 0. The van der Waals surface area contributed by atoms with E-state index in [1.807, 2.05) is 0 Å². The summed E-state index contributed by atoms with van der Waals surface area (Å²) in [5.41, 5.74) is -0.835. The van der Waals surface area contributed by atoms with Crippen LogP contribution in [0.2, 0.25) is 0 Å². The largest absolute Gasteiger partial charge is 0.393 e. The molecule has 1 atom stereocenters. The molecule has 10 heavy (non-hydrogen) atoms. The predicted octanol–water partition coefficient (Wildman–Crippen LogP) is -0.485. The van der Waals surface area contributed by atoms with Crippen LogP contribution in [0.3, 0.4) is 0 Å². The van der Waals surface area contributed by atoms with E-state index in [9.17, 15) is 5.11 Å².